The molecule has 2 rings (SSSR count). The molecule has 6 nitrogen and oxygen atoms in total. The molecule has 1 heterocycles. The van der Waals surface area contributed by atoms with E-state index in [2.05, 4.69) is 10.3 Å². The van der Waals surface area contributed by atoms with Crippen LogP contribution in [0.15, 0.2) is 42.6 Å². The van der Waals surface area contributed by atoms with E-state index in [1.54, 1.807) is 30.3 Å². The lowest BCUT2D eigenvalue weighted by Crippen LogP contribution is -2.37. The van der Waals surface area contributed by atoms with Crippen LogP contribution >= 0.6 is 0 Å². The lowest BCUT2D eigenvalue weighted by atomic mass is 10.2. The van der Waals surface area contributed by atoms with Crippen LogP contribution in [0.5, 0.6) is 11.5 Å². The summed E-state index contributed by atoms with van der Waals surface area (Å²) in [5.74, 6) is 0.477. The van der Waals surface area contributed by atoms with Crippen LogP contribution in [0.1, 0.15) is 11.3 Å². The molecule has 0 fully saturated rings. The number of benzene rings is 1. The van der Waals surface area contributed by atoms with Crippen molar-refractivity contribution in [3.8, 4) is 11.5 Å². The van der Waals surface area contributed by atoms with Crippen LogP contribution in [0.2, 0.25) is 0 Å². The normalized spacial score (nSPS) is 10.2. The Morgan fingerprint density at radius 3 is 2.83 bits per heavy atom. The van der Waals surface area contributed by atoms with Crippen molar-refractivity contribution in [1.29, 1.82) is 0 Å². The molecule has 2 N–H and O–H groups in total. The van der Waals surface area contributed by atoms with Crippen LogP contribution in [0.25, 0.3) is 0 Å². The Labute approximate surface area is 135 Å². The SMILES string of the molecule is COc1ccc(CN(C)C(=O)NCCc2ccccn2)cc1O. The fourth-order valence-electron chi connectivity index (χ4n) is 2.16. The molecule has 0 atom stereocenters. The van der Waals surface area contributed by atoms with Crippen molar-refractivity contribution < 1.29 is 14.6 Å². The molecule has 0 saturated heterocycles. The van der Waals surface area contributed by atoms with Crippen molar-refractivity contribution in [2.45, 2.75) is 13.0 Å². The second-order valence-electron chi connectivity index (χ2n) is 5.17. The summed E-state index contributed by atoms with van der Waals surface area (Å²) in [6, 6.07) is 10.6. The van der Waals surface area contributed by atoms with Crippen LogP contribution in [0.4, 0.5) is 4.79 Å². The van der Waals surface area contributed by atoms with Gasteiger partial charge in [-0.1, -0.05) is 12.1 Å². The number of nitrogens with one attached hydrogen (secondary N) is 1. The second-order valence-corrected chi connectivity index (χ2v) is 5.17. The molecule has 23 heavy (non-hydrogen) atoms. The minimum absolute atomic E-state index is 0.0639. The van der Waals surface area contributed by atoms with E-state index < -0.39 is 0 Å². The van der Waals surface area contributed by atoms with Gasteiger partial charge in [0.15, 0.2) is 11.5 Å². The van der Waals surface area contributed by atoms with E-state index in [-0.39, 0.29) is 11.8 Å². The Bertz CT molecular complexity index is 647. The highest BCUT2D eigenvalue weighted by atomic mass is 16.5. The van der Waals surface area contributed by atoms with Crippen molar-refractivity contribution in [3.63, 3.8) is 0 Å². The van der Waals surface area contributed by atoms with E-state index in [0.29, 0.717) is 25.3 Å². The third-order valence-electron chi connectivity index (χ3n) is 3.39. The van der Waals surface area contributed by atoms with Gasteiger partial charge in [-0.15, -0.1) is 0 Å². The maximum absolute atomic E-state index is 12.1. The largest absolute Gasteiger partial charge is 0.504 e. The van der Waals surface area contributed by atoms with Crippen LogP contribution in [0, 0.1) is 0 Å². The fraction of sp³-hybridized carbons (Fsp3) is 0.294. The predicted octanol–water partition coefficient (Wildman–Crippen LogP) is 2.18. The lowest BCUT2D eigenvalue weighted by Gasteiger charge is -2.18. The highest BCUT2D eigenvalue weighted by molar-refractivity contribution is 5.73. The van der Waals surface area contributed by atoms with Crippen molar-refractivity contribution in [3.05, 3.63) is 53.9 Å². The molecule has 1 aromatic carbocycles. The smallest absolute Gasteiger partial charge is 0.317 e. The van der Waals surface area contributed by atoms with Gasteiger partial charge < -0.3 is 20.1 Å². The molecule has 122 valence electrons. The van der Waals surface area contributed by atoms with Crippen LogP contribution in [-0.4, -0.2) is 41.7 Å². The Morgan fingerprint density at radius 1 is 1.35 bits per heavy atom. The molecule has 0 aliphatic rings. The molecule has 0 spiro atoms. The Kier molecular flexibility index (Phi) is 5.80. The van der Waals surface area contributed by atoms with Gasteiger partial charge in [-0.05, 0) is 29.8 Å². The molecule has 0 bridgehead atoms. The summed E-state index contributed by atoms with van der Waals surface area (Å²) < 4.78 is 5.00. The zero-order valence-electron chi connectivity index (χ0n) is 13.3. The average Bonchev–Trinajstić information content (AvgIpc) is 2.56. The number of aromatic hydroxyl groups is 1. The van der Waals surface area contributed by atoms with Crippen molar-refractivity contribution >= 4 is 6.03 Å². The van der Waals surface area contributed by atoms with Gasteiger partial charge in [-0.3, -0.25) is 4.98 Å². The highest BCUT2D eigenvalue weighted by Crippen LogP contribution is 2.26. The first-order valence-corrected chi connectivity index (χ1v) is 7.35. The zero-order valence-corrected chi connectivity index (χ0v) is 13.3. The van der Waals surface area contributed by atoms with Gasteiger partial charge in [0, 0.05) is 38.4 Å². The molecule has 6 heteroatoms. The van der Waals surface area contributed by atoms with Crippen molar-refractivity contribution in [1.82, 2.24) is 15.2 Å². The number of phenols is 1. The number of urea groups is 1. The molecule has 0 aliphatic heterocycles. The van der Waals surface area contributed by atoms with Crippen LogP contribution in [0.3, 0.4) is 0 Å². The molecule has 0 aliphatic carbocycles. The number of rotatable bonds is 6. The number of methoxy groups -OCH3 is 1. The van der Waals surface area contributed by atoms with E-state index in [1.807, 2.05) is 24.3 Å². The summed E-state index contributed by atoms with van der Waals surface area (Å²) >= 11 is 0. The average molecular weight is 315 g/mol. The van der Waals surface area contributed by atoms with Crippen molar-refractivity contribution in [2.75, 3.05) is 20.7 Å². The van der Waals surface area contributed by atoms with Crippen molar-refractivity contribution in [2.24, 2.45) is 0 Å². The summed E-state index contributed by atoms with van der Waals surface area (Å²) in [5.41, 5.74) is 1.77. The predicted molar refractivity (Wildman–Crippen MR) is 87.5 cm³/mol. The van der Waals surface area contributed by atoms with Gasteiger partial charge in [0.2, 0.25) is 0 Å². The molecular weight excluding hydrogens is 294 g/mol. The maximum atomic E-state index is 12.1. The third kappa shape index (κ3) is 4.88. The number of pyridine rings is 1. The number of hydrogen-bond acceptors (Lipinski definition) is 4. The number of amides is 2. The minimum Gasteiger partial charge on any atom is -0.504 e. The molecule has 0 unspecified atom stereocenters. The summed E-state index contributed by atoms with van der Waals surface area (Å²) in [6.07, 6.45) is 2.42. The molecular formula is C17H21N3O3. The number of carbonyl (C=O) groups excluding carboxylic acids is 1. The Hall–Kier alpha value is -2.76. The summed E-state index contributed by atoms with van der Waals surface area (Å²) in [6.45, 7) is 0.918. The van der Waals surface area contributed by atoms with E-state index >= 15 is 0 Å². The first-order valence-electron chi connectivity index (χ1n) is 7.35. The standard InChI is InChI=1S/C17H21N3O3/c1-20(12-13-6-7-16(23-2)15(21)11-13)17(22)19-10-8-14-5-3-4-9-18-14/h3-7,9,11,21H,8,10,12H2,1-2H3,(H,19,22). The summed E-state index contributed by atoms with van der Waals surface area (Å²) in [7, 11) is 3.20. The number of aromatic nitrogens is 1. The monoisotopic (exact) mass is 315 g/mol. The first kappa shape index (κ1) is 16.6. The minimum atomic E-state index is -0.170. The molecule has 0 saturated carbocycles. The number of nitrogens with zero attached hydrogens (tertiary/aromatic N) is 2. The number of ether oxygens (including phenoxy) is 1. The van der Waals surface area contributed by atoms with Gasteiger partial charge in [-0.2, -0.15) is 0 Å². The first-order chi connectivity index (χ1) is 11.1. The van der Waals surface area contributed by atoms with Gasteiger partial charge in [-0.25, -0.2) is 4.79 Å². The summed E-state index contributed by atoms with van der Waals surface area (Å²) in [4.78, 5) is 17.8. The number of phenolic OH excluding ortho intramolecular Hbond substituents is 1. The summed E-state index contributed by atoms with van der Waals surface area (Å²) in [5, 5.41) is 12.6. The second kappa shape index (κ2) is 8.03. The maximum Gasteiger partial charge on any atom is 0.317 e. The van der Waals surface area contributed by atoms with Crippen LogP contribution < -0.4 is 10.1 Å². The molecule has 2 amide bonds. The van der Waals surface area contributed by atoms with E-state index in [1.165, 1.54) is 7.11 Å². The third-order valence-corrected chi connectivity index (χ3v) is 3.39. The number of hydrogen-bond donors (Lipinski definition) is 2. The van der Waals surface area contributed by atoms with Gasteiger partial charge in [0.05, 0.1) is 7.11 Å². The Morgan fingerprint density at radius 2 is 2.17 bits per heavy atom. The quantitative estimate of drug-likeness (QED) is 0.857. The van der Waals surface area contributed by atoms with Crippen LogP contribution in [-0.2, 0) is 13.0 Å². The van der Waals surface area contributed by atoms with E-state index in [0.717, 1.165) is 11.3 Å². The Balaban J connectivity index is 1.81. The van der Waals surface area contributed by atoms with Gasteiger partial charge >= 0.3 is 6.03 Å². The zero-order chi connectivity index (χ0) is 16.7. The van der Waals surface area contributed by atoms with E-state index in [9.17, 15) is 9.90 Å². The van der Waals surface area contributed by atoms with Gasteiger partial charge in [0.1, 0.15) is 0 Å². The molecule has 2 aromatic rings. The lowest BCUT2D eigenvalue weighted by molar-refractivity contribution is 0.207. The number of carbonyl (C=O) groups is 1. The fourth-order valence-corrected chi connectivity index (χ4v) is 2.16. The molecule has 0 radical (unpaired) electrons. The topological polar surface area (TPSA) is 74.7 Å². The van der Waals surface area contributed by atoms with Gasteiger partial charge in [0.25, 0.3) is 0 Å². The van der Waals surface area contributed by atoms with E-state index in [4.69, 9.17) is 4.74 Å². The highest BCUT2D eigenvalue weighted by Gasteiger charge is 2.10. The molecule has 1 aromatic heterocycles.